The molecular formula is C10H15N5O. The van der Waals surface area contributed by atoms with Gasteiger partial charge in [-0.15, -0.1) is 0 Å². The molecule has 1 amide bonds. The molecule has 0 aliphatic carbocycles. The molecule has 0 radical (unpaired) electrons. The summed E-state index contributed by atoms with van der Waals surface area (Å²) in [5, 5.41) is 0. The van der Waals surface area contributed by atoms with Crippen LogP contribution in [0, 0.1) is 0 Å². The Labute approximate surface area is 94.1 Å². The maximum Gasteiger partial charge on any atom is 0.267 e. The number of primary amides is 1. The van der Waals surface area contributed by atoms with Crippen LogP contribution in [0.5, 0.6) is 0 Å². The van der Waals surface area contributed by atoms with Crippen LogP contribution >= 0.6 is 0 Å². The Kier molecular flexibility index (Phi) is 3.00. The second kappa shape index (κ2) is 4.44. The Morgan fingerprint density at radius 3 is 2.69 bits per heavy atom. The van der Waals surface area contributed by atoms with Crippen LogP contribution in [0.4, 0.5) is 5.95 Å². The molecule has 1 aromatic rings. The number of anilines is 1. The van der Waals surface area contributed by atoms with E-state index in [-0.39, 0.29) is 5.69 Å². The lowest BCUT2D eigenvalue weighted by Crippen LogP contribution is -2.45. The van der Waals surface area contributed by atoms with Crippen molar-refractivity contribution in [3.05, 3.63) is 18.0 Å². The van der Waals surface area contributed by atoms with Gasteiger partial charge in [0.25, 0.3) is 5.91 Å². The quantitative estimate of drug-likeness (QED) is 0.716. The fourth-order valence-corrected chi connectivity index (χ4v) is 1.64. The standard InChI is InChI=1S/C10H15N5O/c1-14-4-6-15(7-5-14)10-12-3-2-8(13-10)9(11)16/h2-3H,4-7H2,1H3,(H2,11,16). The summed E-state index contributed by atoms with van der Waals surface area (Å²) < 4.78 is 0. The van der Waals surface area contributed by atoms with Gasteiger partial charge in [-0.3, -0.25) is 4.79 Å². The van der Waals surface area contributed by atoms with E-state index in [1.54, 1.807) is 6.20 Å². The van der Waals surface area contributed by atoms with E-state index in [1.807, 2.05) is 0 Å². The number of hydrogen-bond donors (Lipinski definition) is 1. The molecule has 86 valence electrons. The lowest BCUT2D eigenvalue weighted by molar-refractivity contribution is 0.0995. The molecule has 0 atom stereocenters. The fourth-order valence-electron chi connectivity index (χ4n) is 1.64. The second-order valence-electron chi connectivity index (χ2n) is 3.90. The topological polar surface area (TPSA) is 75.3 Å². The van der Waals surface area contributed by atoms with Gasteiger partial charge < -0.3 is 15.5 Å². The van der Waals surface area contributed by atoms with Gasteiger partial charge in [-0.25, -0.2) is 9.97 Å². The van der Waals surface area contributed by atoms with Crippen molar-refractivity contribution in [2.24, 2.45) is 5.73 Å². The molecule has 0 bridgehead atoms. The van der Waals surface area contributed by atoms with Crippen molar-refractivity contribution in [2.45, 2.75) is 0 Å². The molecule has 0 unspecified atom stereocenters. The molecule has 1 aliphatic rings. The van der Waals surface area contributed by atoms with Gasteiger partial charge in [0.1, 0.15) is 5.69 Å². The number of carbonyl (C=O) groups excluding carboxylic acids is 1. The molecule has 0 saturated carbocycles. The summed E-state index contributed by atoms with van der Waals surface area (Å²) in [5.41, 5.74) is 5.45. The Balaban J connectivity index is 2.14. The minimum atomic E-state index is -0.516. The van der Waals surface area contributed by atoms with Crippen LogP contribution < -0.4 is 10.6 Å². The highest BCUT2D eigenvalue weighted by atomic mass is 16.1. The highest BCUT2D eigenvalue weighted by molar-refractivity contribution is 5.90. The predicted molar refractivity (Wildman–Crippen MR) is 60.3 cm³/mol. The molecule has 1 fully saturated rings. The number of likely N-dealkylation sites (N-methyl/N-ethyl adjacent to an activating group) is 1. The first-order valence-electron chi connectivity index (χ1n) is 5.23. The zero-order valence-corrected chi connectivity index (χ0v) is 9.26. The van der Waals surface area contributed by atoms with Gasteiger partial charge >= 0.3 is 0 Å². The number of hydrogen-bond acceptors (Lipinski definition) is 5. The number of nitrogens with two attached hydrogens (primary N) is 1. The number of rotatable bonds is 2. The SMILES string of the molecule is CN1CCN(c2nccc(C(N)=O)n2)CC1. The van der Waals surface area contributed by atoms with Crippen LogP contribution in [0.25, 0.3) is 0 Å². The maximum absolute atomic E-state index is 11.0. The Hall–Kier alpha value is -1.69. The molecule has 1 aromatic heterocycles. The number of aromatic nitrogens is 2. The number of nitrogens with zero attached hydrogens (tertiary/aromatic N) is 4. The maximum atomic E-state index is 11.0. The monoisotopic (exact) mass is 221 g/mol. The molecule has 2 rings (SSSR count). The van der Waals surface area contributed by atoms with Crippen LogP contribution in [0.15, 0.2) is 12.3 Å². The van der Waals surface area contributed by atoms with Crippen molar-refractivity contribution in [1.29, 1.82) is 0 Å². The minimum Gasteiger partial charge on any atom is -0.364 e. The summed E-state index contributed by atoms with van der Waals surface area (Å²) in [6.45, 7) is 3.70. The van der Waals surface area contributed by atoms with Gasteiger partial charge in [-0.2, -0.15) is 0 Å². The summed E-state index contributed by atoms with van der Waals surface area (Å²) in [5.74, 6) is 0.0715. The number of carbonyl (C=O) groups is 1. The summed E-state index contributed by atoms with van der Waals surface area (Å²) >= 11 is 0. The van der Waals surface area contributed by atoms with Crippen LogP contribution in [0.3, 0.4) is 0 Å². The first kappa shape index (κ1) is 10.8. The van der Waals surface area contributed by atoms with Gasteiger partial charge in [0.15, 0.2) is 0 Å². The van der Waals surface area contributed by atoms with Crippen LogP contribution in [0.1, 0.15) is 10.5 Å². The van der Waals surface area contributed by atoms with Crippen molar-refractivity contribution in [1.82, 2.24) is 14.9 Å². The van der Waals surface area contributed by atoms with E-state index in [9.17, 15) is 4.79 Å². The number of amides is 1. The number of piperazine rings is 1. The first-order valence-corrected chi connectivity index (χ1v) is 5.23. The van der Waals surface area contributed by atoms with Crippen molar-refractivity contribution in [2.75, 3.05) is 38.1 Å². The lowest BCUT2D eigenvalue weighted by Gasteiger charge is -2.32. The van der Waals surface area contributed by atoms with Gasteiger partial charge in [0.05, 0.1) is 0 Å². The summed E-state index contributed by atoms with van der Waals surface area (Å²) in [6.07, 6.45) is 1.57. The third kappa shape index (κ3) is 2.27. The average molecular weight is 221 g/mol. The fraction of sp³-hybridized carbons (Fsp3) is 0.500. The van der Waals surface area contributed by atoms with E-state index in [1.165, 1.54) is 6.07 Å². The highest BCUT2D eigenvalue weighted by Crippen LogP contribution is 2.10. The molecule has 6 nitrogen and oxygen atoms in total. The van der Waals surface area contributed by atoms with Gasteiger partial charge in [-0.1, -0.05) is 0 Å². The van der Waals surface area contributed by atoms with Crippen LogP contribution in [-0.4, -0.2) is 54.0 Å². The average Bonchev–Trinajstić information content (AvgIpc) is 2.30. The zero-order valence-electron chi connectivity index (χ0n) is 9.26. The van der Waals surface area contributed by atoms with E-state index in [2.05, 4.69) is 26.8 Å². The first-order chi connectivity index (χ1) is 7.66. The van der Waals surface area contributed by atoms with Crippen molar-refractivity contribution >= 4 is 11.9 Å². The van der Waals surface area contributed by atoms with Crippen LogP contribution in [-0.2, 0) is 0 Å². The predicted octanol–water partition coefficient (Wildman–Crippen LogP) is -0.673. The van der Waals surface area contributed by atoms with Gasteiger partial charge in [0.2, 0.25) is 5.95 Å². The Bertz CT molecular complexity index is 387. The largest absolute Gasteiger partial charge is 0.364 e. The normalized spacial score (nSPS) is 17.4. The van der Waals surface area contributed by atoms with Crippen molar-refractivity contribution in [3.63, 3.8) is 0 Å². The van der Waals surface area contributed by atoms with E-state index >= 15 is 0 Å². The highest BCUT2D eigenvalue weighted by Gasteiger charge is 2.17. The lowest BCUT2D eigenvalue weighted by atomic mass is 10.3. The summed E-state index contributed by atoms with van der Waals surface area (Å²) in [6, 6.07) is 1.53. The molecule has 6 heteroatoms. The smallest absolute Gasteiger partial charge is 0.267 e. The molecule has 2 heterocycles. The molecule has 16 heavy (non-hydrogen) atoms. The van der Waals surface area contributed by atoms with Gasteiger partial charge in [-0.05, 0) is 13.1 Å². The van der Waals surface area contributed by atoms with Crippen molar-refractivity contribution in [3.8, 4) is 0 Å². The Morgan fingerprint density at radius 1 is 1.38 bits per heavy atom. The van der Waals surface area contributed by atoms with E-state index in [0.29, 0.717) is 5.95 Å². The molecule has 0 aromatic carbocycles. The van der Waals surface area contributed by atoms with E-state index < -0.39 is 5.91 Å². The molecular weight excluding hydrogens is 206 g/mol. The zero-order chi connectivity index (χ0) is 11.5. The Morgan fingerprint density at radius 2 is 2.06 bits per heavy atom. The van der Waals surface area contributed by atoms with E-state index in [0.717, 1.165) is 26.2 Å². The minimum absolute atomic E-state index is 0.268. The van der Waals surface area contributed by atoms with Crippen molar-refractivity contribution < 1.29 is 4.79 Å². The molecule has 0 spiro atoms. The van der Waals surface area contributed by atoms with Gasteiger partial charge in [0, 0.05) is 32.4 Å². The summed E-state index contributed by atoms with van der Waals surface area (Å²) in [4.78, 5) is 23.6. The molecule has 1 saturated heterocycles. The van der Waals surface area contributed by atoms with E-state index in [4.69, 9.17) is 5.73 Å². The summed E-state index contributed by atoms with van der Waals surface area (Å²) in [7, 11) is 2.08. The molecule has 2 N–H and O–H groups in total. The molecule has 1 aliphatic heterocycles. The third-order valence-corrected chi connectivity index (χ3v) is 2.68. The van der Waals surface area contributed by atoms with Crippen LogP contribution in [0.2, 0.25) is 0 Å². The second-order valence-corrected chi connectivity index (χ2v) is 3.90. The third-order valence-electron chi connectivity index (χ3n) is 2.68.